The van der Waals surface area contributed by atoms with Gasteiger partial charge in [-0.3, -0.25) is 4.72 Å². The van der Waals surface area contributed by atoms with E-state index in [1.54, 1.807) is 0 Å². The summed E-state index contributed by atoms with van der Waals surface area (Å²) in [6, 6.07) is 8.56. The average Bonchev–Trinajstić information content (AvgIpc) is 2.31. The highest BCUT2D eigenvalue weighted by atomic mass is 35.5. The third kappa shape index (κ3) is 3.49. The fourth-order valence-corrected chi connectivity index (χ4v) is 1.94. The molecule has 0 unspecified atom stereocenters. The van der Waals surface area contributed by atoms with E-state index in [1.165, 1.54) is 36.4 Å². The van der Waals surface area contributed by atoms with Crippen molar-refractivity contribution in [3.8, 4) is 12.1 Å². The standard InChI is InChI=1S/C10H6ClN3O2S/c11-9-1-3-10(4-2-9)17(15,16)14-7-8(5-12)6-13/h1-4,7,14H. The fourth-order valence-electron chi connectivity index (χ4n) is 0.908. The van der Waals surface area contributed by atoms with Gasteiger partial charge in [0, 0.05) is 11.2 Å². The highest BCUT2D eigenvalue weighted by Gasteiger charge is 2.11. The first-order chi connectivity index (χ1) is 7.99. The fraction of sp³-hybridized carbons (Fsp3) is 0. The van der Waals surface area contributed by atoms with E-state index < -0.39 is 10.0 Å². The number of rotatable bonds is 3. The van der Waals surface area contributed by atoms with Gasteiger partial charge in [-0.2, -0.15) is 10.5 Å². The van der Waals surface area contributed by atoms with Crippen molar-refractivity contribution in [2.45, 2.75) is 4.90 Å². The van der Waals surface area contributed by atoms with E-state index in [1.807, 2.05) is 4.72 Å². The Kier molecular flexibility index (Phi) is 4.11. The molecule has 17 heavy (non-hydrogen) atoms. The van der Waals surface area contributed by atoms with E-state index in [9.17, 15) is 8.42 Å². The molecule has 0 saturated heterocycles. The number of nitriles is 2. The van der Waals surface area contributed by atoms with Crippen LogP contribution >= 0.6 is 11.6 Å². The van der Waals surface area contributed by atoms with Gasteiger partial charge >= 0.3 is 0 Å². The molecule has 0 spiro atoms. The highest BCUT2D eigenvalue weighted by molar-refractivity contribution is 7.89. The van der Waals surface area contributed by atoms with Gasteiger partial charge < -0.3 is 0 Å². The zero-order valence-corrected chi connectivity index (χ0v) is 9.96. The summed E-state index contributed by atoms with van der Waals surface area (Å²) in [5.74, 6) is 0. The van der Waals surface area contributed by atoms with Crippen molar-refractivity contribution in [2.75, 3.05) is 0 Å². The number of nitrogens with zero attached hydrogens (tertiary/aromatic N) is 2. The number of hydrogen-bond acceptors (Lipinski definition) is 4. The monoisotopic (exact) mass is 267 g/mol. The molecule has 0 aliphatic heterocycles. The van der Waals surface area contributed by atoms with E-state index >= 15 is 0 Å². The lowest BCUT2D eigenvalue weighted by Gasteiger charge is -2.03. The van der Waals surface area contributed by atoms with E-state index in [2.05, 4.69) is 0 Å². The molecule has 0 atom stereocenters. The second-order valence-corrected chi connectivity index (χ2v) is 5.01. The lowest BCUT2D eigenvalue weighted by Crippen LogP contribution is -2.18. The quantitative estimate of drug-likeness (QED) is 0.841. The van der Waals surface area contributed by atoms with E-state index in [0.29, 0.717) is 5.02 Å². The van der Waals surface area contributed by atoms with Crippen molar-refractivity contribution in [2.24, 2.45) is 0 Å². The maximum absolute atomic E-state index is 11.7. The van der Waals surface area contributed by atoms with Gasteiger partial charge in [0.05, 0.1) is 4.90 Å². The average molecular weight is 268 g/mol. The summed E-state index contributed by atoms with van der Waals surface area (Å²) in [5, 5.41) is 17.3. The minimum absolute atomic E-state index is 0.00613. The normalized spacial score (nSPS) is 9.82. The van der Waals surface area contributed by atoms with E-state index in [0.717, 1.165) is 6.20 Å². The van der Waals surface area contributed by atoms with Crippen molar-refractivity contribution >= 4 is 21.6 Å². The van der Waals surface area contributed by atoms with Gasteiger partial charge in [0.25, 0.3) is 10.0 Å². The Hall–Kier alpha value is -2.02. The van der Waals surface area contributed by atoms with Gasteiger partial charge in [-0.25, -0.2) is 8.42 Å². The van der Waals surface area contributed by atoms with Gasteiger partial charge in [-0.15, -0.1) is 0 Å². The zero-order valence-electron chi connectivity index (χ0n) is 8.38. The first-order valence-electron chi connectivity index (χ1n) is 4.28. The summed E-state index contributed by atoms with van der Waals surface area (Å²) >= 11 is 5.62. The van der Waals surface area contributed by atoms with Crippen LogP contribution < -0.4 is 4.72 Å². The molecule has 0 aromatic heterocycles. The summed E-state index contributed by atoms with van der Waals surface area (Å²) in [7, 11) is -3.78. The van der Waals surface area contributed by atoms with Crippen LogP contribution in [0.2, 0.25) is 5.02 Å². The summed E-state index contributed by atoms with van der Waals surface area (Å²) < 4.78 is 25.3. The van der Waals surface area contributed by atoms with Crippen LogP contribution in [0.1, 0.15) is 0 Å². The lowest BCUT2D eigenvalue weighted by atomic mass is 10.4. The number of hydrogen-bond donors (Lipinski definition) is 1. The van der Waals surface area contributed by atoms with Crippen molar-refractivity contribution in [1.82, 2.24) is 4.72 Å². The molecule has 0 amide bonds. The van der Waals surface area contributed by atoms with Crippen LogP contribution in [-0.2, 0) is 10.0 Å². The van der Waals surface area contributed by atoms with Crippen LogP contribution in [0.5, 0.6) is 0 Å². The molecule has 0 radical (unpaired) electrons. The Morgan fingerprint density at radius 1 is 1.24 bits per heavy atom. The number of sulfonamides is 1. The van der Waals surface area contributed by atoms with Crippen LogP contribution in [0.25, 0.3) is 0 Å². The summed E-state index contributed by atoms with van der Waals surface area (Å²) in [6.45, 7) is 0. The van der Waals surface area contributed by atoms with Crippen LogP contribution in [-0.4, -0.2) is 8.42 Å². The molecule has 1 aromatic carbocycles. The number of halogens is 1. The molecule has 7 heteroatoms. The predicted molar refractivity (Wildman–Crippen MR) is 61.1 cm³/mol. The topological polar surface area (TPSA) is 93.8 Å². The summed E-state index contributed by atoms with van der Waals surface area (Å²) in [4.78, 5) is -0.00613. The molecule has 0 heterocycles. The number of benzene rings is 1. The lowest BCUT2D eigenvalue weighted by molar-refractivity contribution is 0.590. The minimum atomic E-state index is -3.78. The zero-order chi connectivity index (χ0) is 12.9. The van der Waals surface area contributed by atoms with E-state index in [4.69, 9.17) is 22.1 Å². The molecule has 1 rings (SSSR count). The number of allylic oxidation sites excluding steroid dienone is 1. The largest absolute Gasteiger partial charge is 0.284 e. The molecular formula is C10H6ClN3O2S. The molecule has 0 fully saturated rings. The Balaban J connectivity index is 2.99. The van der Waals surface area contributed by atoms with Crippen molar-refractivity contribution in [1.29, 1.82) is 10.5 Å². The Bertz CT molecular complexity index is 605. The molecular weight excluding hydrogens is 262 g/mol. The molecule has 5 nitrogen and oxygen atoms in total. The molecule has 0 bridgehead atoms. The summed E-state index contributed by atoms with van der Waals surface area (Å²) in [6.07, 6.45) is 0.837. The van der Waals surface area contributed by atoms with Crippen LogP contribution in [0.4, 0.5) is 0 Å². The molecule has 1 aromatic rings. The molecule has 0 aliphatic rings. The van der Waals surface area contributed by atoms with Crippen LogP contribution in [0.15, 0.2) is 40.9 Å². The first kappa shape index (κ1) is 13.0. The van der Waals surface area contributed by atoms with Gasteiger partial charge in [0.15, 0.2) is 0 Å². The van der Waals surface area contributed by atoms with Gasteiger partial charge in [-0.05, 0) is 24.3 Å². The Morgan fingerprint density at radius 3 is 2.24 bits per heavy atom. The van der Waals surface area contributed by atoms with Crippen molar-refractivity contribution < 1.29 is 8.42 Å². The number of nitrogens with one attached hydrogen (secondary N) is 1. The van der Waals surface area contributed by atoms with Gasteiger partial charge in [0.1, 0.15) is 17.7 Å². The molecule has 1 N–H and O–H groups in total. The Morgan fingerprint density at radius 2 is 1.76 bits per heavy atom. The third-order valence-electron chi connectivity index (χ3n) is 1.72. The summed E-state index contributed by atoms with van der Waals surface area (Å²) in [5.41, 5.74) is -0.331. The molecule has 0 aliphatic carbocycles. The smallest absolute Gasteiger partial charge is 0.261 e. The SMILES string of the molecule is N#CC(C#N)=CNS(=O)(=O)c1ccc(Cl)cc1. The Labute approximate surface area is 104 Å². The third-order valence-corrected chi connectivity index (χ3v) is 3.30. The minimum Gasteiger partial charge on any atom is -0.284 e. The first-order valence-corrected chi connectivity index (χ1v) is 6.14. The van der Waals surface area contributed by atoms with Gasteiger partial charge in [-0.1, -0.05) is 11.6 Å². The van der Waals surface area contributed by atoms with Crippen LogP contribution in [0.3, 0.4) is 0 Å². The molecule has 0 saturated carbocycles. The second kappa shape index (κ2) is 5.35. The maximum atomic E-state index is 11.7. The van der Waals surface area contributed by atoms with Crippen molar-refractivity contribution in [3.63, 3.8) is 0 Å². The maximum Gasteiger partial charge on any atom is 0.261 e. The van der Waals surface area contributed by atoms with E-state index in [-0.39, 0.29) is 10.5 Å². The van der Waals surface area contributed by atoms with Crippen LogP contribution in [0, 0.1) is 22.7 Å². The molecule has 86 valence electrons. The van der Waals surface area contributed by atoms with Gasteiger partial charge in [0.2, 0.25) is 0 Å². The second-order valence-electron chi connectivity index (χ2n) is 2.86. The highest BCUT2D eigenvalue weighted by Crippen LogP contribution is 2.13. The predicted octanol–water partition coefficient (Wildman–Crippen LogP) is 1.55. The van der Waals surface area contributed by atoms with Crippen molar-refractivity contribution in [3.05, 3.63) is 41.1 Å².